The number of ketones is 1. The number of phenols is 1. The highest BCUT2D eigenvalue weighted by atomic mass is 32.2. The van der Waals surface area contributed by atoms with Gasteiger partial charge in [-0.3, -0.25) is 82.0 Å². The van der Waals surface area contributed by atoms with Gasteiger partial charge in [-0.05, 0) is 96.8 Å². The topological polar surface area (TPSA) is 567 Å². The first kappa shape index (κ1) is 104. The van der Waals surface area contributed by atoms with Crippen LogP contribution in [0.2, 0.25) is 0 Å². The molecule has 0 saturated carbocycles. The van der Waals surface area contributed by atoms with Crippen molar-refractivity contribution in [3.63, 3.8) is 0 Å². The number of aliphatic carboxylic acids is 2. The van der Waals surface area contributed by atoms with E-state index in [4.69, 9.17) is 11.5 Å². The van der Waals surface area contributed by atoms with Crippen LogP contribution in [0.5, 0.6) is 5.75 Å². The number of carboxylic acids is 2. The van der Waals surface area contributed by atoms with Crippen LogP contribution in [-0.4, -0.2) is 313 Å². The number of likely N-dealkylation sites (N-methyl/N-ethyl adjacent to an activating group) is 4. The number of carbonyl (C=O) groups is 16. The molecule has 38 nitrogen and oxygen atoms in total. The summed E-state index contributed by atoms with van der Waals surface area (Å²) in [6.07, 6.45) is -3.46. The van der Waals surface area contributed by atoms with Crippen molar-refractivity contribution in [1.29, 1.82) is 0 Å². The summed E-state index contributed by atoms with van der Waals surface area (Å²) in [6.45, 7) is 2.32. The van der Waals surface area contributed by atoms with Crippen molar-refractivity contribution >= 4 is 117 Å². The van der Waals surface area contributed by atoms with Crippen molar-refractivity contribution in [3.8, 4) is 5.75 Å². The van der Waals surface area contributed by atoms with E-state index in [0.29, 0.717) is 47.0 Å². The lowest BCUT2D eigenvalue weighted by Crippen LogP contribution is -2.61. The number of primary amides is 1. The Kier molecular flexibility index (Phi) is 39.5. The molecule has 42 heteroatoms. The number of nitrogens with two attached hydrogens (primary N) is 2. The molecule has 0 bridgehead atoms. The number of hydrogen-bond donors (Lipinski definition) is 17. The monoisotopic (exact) mass is 1860 g/mol. The molecule has 2 aliphatic heterocycles. The number of benzene rings is 5. The van der Waals surface area contributed by atoms with Gasteiger partial charge in [-0.15, -0.1) is 11.8 Å². The predicted octanol–water partition coefficient (Wildman–Crippen LogP) is -1.05. The van der Waals surface area contributed by atoms with Gasteiger partial charge in [0.1, 0.15) is 60.1 Å². The smallest absolute Gasteiger partial charge is 0.305 e. The van der Waals surface area contributed by atoms with Crippen LogP contribution in [0.15, 0.2) is 128 Å². The average molecular weight is 1860 g/mol. The molecule has 0 spiro atoms. The molecule has 8 rings (SSSR count). The molecule has 132 heavy (non-hydrogen) atoms. The normalized spacial score (nSPS) is 16.7. The number of aromatic nitrogens is 1. The molecule has 714 valence electrons. The van der Waals surface area contributed by atoms with Gasteiger partial charge in [-0.25, -0.2) is 13.2 Å². The zero-order valence-corrected chi connectivity index (χ0v) is 74.9. The van der Waals surface area contributed by atoms with E-state index < -0.39 is 266 Å². The summed E-state index contributed by atoms with van der Waals surface area (Å²) >= 11 is 0.648. The first-order chi connectivity index (χ1) is 62.7. The van der Waals surface area contributed by atoms with Crippen LogP contribution in [0.3, 0.4) is 0 Å². The molecule has 19 N–H and O–H groups in total. The van der Waals surface area contributed by atoms with Gasteiger partial charge in [0.25, 0.3) is 0 Å². The maximum absolute atomic E-state index is 15.7. The minimum absolute atomic E-state index is 0.0634. The van der Waals surface area contributed by atoms with Gasteiger partial charge in [0.05, 0.1) is 62.0 Å². The number of aromatic hydroxyl groups is 1. The Hall–Kier alpha value is -12.9. The van der Waals surface area contributed by atoms with Crippen LogP contribution in [0, 0.1) is 23.4 Å². The number of rotatable bonds is 50. The number of likely N-dealkylation sites (tertiary alicyclic amines) is 2. The minimum atomic E-state index is -2.01. The van der Waals surface area contributed by atoms with Crippen LogP contribution < -0.4 is 59.3 Å². The molecular formula is C90H116F3N17O21S. The maximum Gasteiger partial charge on any atom is 0.305 e. The Morgan fingerprint density at radius 3 is 1.71 bits per heavy atom. The summed E-state index contributed by atoms with van der Waals surface area (Å²) < 4.78 is 44.9. The number of carboxylic acid groups (broad SMARTS) is 2. The van der Waals surface area contributed by atoms with Crippen molar-refractivity contribution < 1.29 is 115 Å². The molecule has 2 aliphatic rings. The number of halogens is 3. The Morgan fingerprint density at radius 1 is 0.568 bits per heavy atom. The fourth-order valence-corrected chi connectivity index (χ4v) is 16.4. The molecule has 6 aromatic rings. The molecule has 5 aromatic carbocycles. The summed E-state index contributed by atoms with van der Waals surface area (Å²) in [6, 6.07) is 12.0. The number of Topliss-reactive ketones (excluding diaryl/α,β-unsaturated/α-hetero) is 1. The Bertz CT molecular complexity index is 5060. The van der Waals surface area contributed by atoms with E-state index in [1.165, 1.54) is 57.1 Å². The van der Waals surface area contributed by atoms with Crippen molar-refractivity contribution in [2.75, 3.05) is 79.0 Å². The van der Waals surface area contributed by atoms with Crippen molar-refractivity contribution in [2.24, 2.45) is 17.4 Å². The number of carbonyl (C=O) groups excluding carboxylic acids is 14. The lowest BCUT2D eigenvalue weighted by molar-refractivity contribution is -0.152. The number of H-pyrrole nitrogens is 1. The van der Waals surface area contributed by atoms with Crippen LogP contribution in [0.25, 0.3) is 10.9 Å². The molecule has 1 unspecified atom stereocenters. The third-order valence-corrected chi connectivity index (χ3v) is 23.9. The highest BCUT2D eigenvalue weighted by Crippen LogP contribution is 2.28. The standard InChI is InChI=1S/C90H116F3N17O21S/c1-8-9-24-69(89(130)110-46-57(113)38-71(110)85(126)102-64(39-76(117)118)83(124)105-79(49(2)3)90(131)107(6)70(35-50-18-12-10-13-19-50)73(114)43-98-65(40-77(119)120)87(128)109-30-29-56(112)45-109)106(5)88(129)72(36-51-20-14-11-15-21-51)108(7)86(127)66(34-53-31-59(91)78(93)60(92)32-53)100-75(116)48-132-47-68(80(121)99-44-74(95)115)104-84(125)67(41-94)103-82(123)63(33-52-25-27-55(111)28-26-52)101-81(122)62(96-4)37-54-42-97-61-23-17-16-22-58(54)61/h10-23,25-28,31-32,42,49,56-57,62-72,79,96-98,111-113H,8-9,24,29-30,33-41,43-48,94H2,1-7H3,(H2,95,115)(H,99,121)(H,100,116)(H,101,122)(H,102,126)(H,103,123)(H,104,125)(H,105,124)(H,117,118)(H,119,120)/t56-,57-,62+,63+,64+,65+,66+,67+,68+,69+,70?,71-,72+,79+/m1/s1. The van der Waals surface area contributed by atoms with E-state index in [9.17, 15) is 92.3 Å². The zero-order valence-electron chi connectivity index (χ0n) is 74.1. The Morgan fingerprint density at radius 2 is 1.12 bits per heavy atom. The van der Waals surface area contributed by atoms with Gasteiger partial charge in [0.2, 0.25) is 76.8 Å². The van der Waals surface area contributed by atoms with E-state index >= 15 is 23.2 Å². The van der Waals surface area contributed by atoms with Gasteiger partial charge in [0.15, 0.2) is 23.2 Å². The number of fused-ring (bicyclic) bond motifs is 1. The summed E-state index contributed by atoms with van der Waals surface area (Å²) in [5, 5.41) is 75.4. The molecule has 14 atom stereocenters. The van der Waals surface area contributed by atoms with Crippen molar-refractivity contribution in [2.45, 2.75) is 183 Å². The number of unbranched alkanes of at least 4 members (excludes halogenated alkanes) is 1. The number of aliphatic hydroxyl groups excluding tert-OH is 2. The average Bonchev–Trinajstić information content (AvgIpc) is 1.54. The quantitative estimate of drug-likeness (QED) is 0.0203. The highest BCUT2D eigenvalue weighted by molar-refractivity contribution is 8.00. The summed E-state index contributed by atoms with van der Waals surface area (Å²) in [5.41, 5.74) is 14.1. The summed E-state index contributed by atoms with van der Waals surface area (Å²) in [4.78, 5) is 235. The number of phenolic OH excluding ortho intramolecular Hbond substituents is 1. The largest absolute Gasteiger partial charge is 0.508 e. The lowest BCUT2D eigenvalue weighted by Gasteiger charge is -2.38. The lowest BCUT2D eigenvalue weighted by atomic mass is 9.97. The number of nitrogens with one attached hydrogen (secondary N) is 10. The third kappa shape index (κ3) is 29.8. The number of β-amino-alcohol motifs (C(OH)–C–C–N with tert-alkyl or cyclic N) is 2. The zero-order chi connectivity index (χ0) is 96.9. The van der Waals surface area contributed by atoms with Gasteiger partial charge >= 0.3 is 11.9 Å². The van der Waals surface area contributed by atoms with Gasteiger partial charge < -0.3 is 109 Å². The van der Waals surface area contributed by atoms with Gasteiger partial charge in [-0.2, -0.15) is 0 Å². The Labute approximate surface area is 763 Å². The third-order valence-electron chi connectivity index (χ3n) is 22.9. The van der Waals surface area contributed by atoms with E-state index in [1.54, 1.807) is 80.8 Å². The van der Waals surface area contributed by atoms with Crippen LogP contribution >= 0.6 is 11.8 Å². The predicted molar refractivity (Wildman–Crippen MR) is 476 cm³/mol. The number of para-hydroxylation sites is 1. The second-order valence-corrected chi connectivity index (χ2v) is 34.0. The van der Waals surface area contributed by atoms with Crippen LogP contribution in [0.4, 0.5) is 13.2 Å². The SMILES string of the molecule is CCCC[C@@H](C(=O)N1C[C@H](O)C[C@@H]1C(=O)N[C@@H](CC(=O)O)C(=O)N[C@H](C(=O)N(C)C(Cc1ccccc1)C(=O)CN[C@@H](CC(=O)O)C(=O)N1CC[C@@H](O)C1)C(C)C)N(C)C(=O)[C@H](Cc1ccccc1)N(C)C(=O)[C@H](Cc1cc(F)c(F)c(F)c1)NC(=O)CSC[C@H](NC(=O)[C@H](CN)NC(=O)[C@H](Cc1ccc(O)cc1)NC(=O)[C@H](Cc1c[nH]c2ccccc12)NC)C(=O)NCC(N)=O. The molecule has 3 heterocycles. The molecule has 1 aromatic heterocycles. The number of thioether (sulfide) groups is 1. The molecule has 2 fully saturated rings. The van der Waals surface area contributed by atoms with E-state index in [2.05, 4.69) is 52.8 Å². The molecular weight excluding hydrogens is 1740 g/mol. The van der Waals surface area contributed by atoms with Crippen molar-refractivity contribution in [3.05, 3.63) is 173 Å². The minimum Gasteiger partial charge on any atom is -0.508 e. The highest BCUT2D eigenvalue weighted by Gasteiger charge is 2.47. The first-order valence-electron chi connectivity index (χ1n) is 43.0. The summed E-state index contributed by atoms with van der Waals surface area (Å²) in [7, 11) is 5.19. The number of nitrogens with zero attached hydrogens (tertiary/aromatic N) is 5. The van der Waals surface area contributed by atoms with E-state index in [0.717, 1.165) is 43.1 Å². The number of aliphatic hydroxyl groups is 2. The molecule has 0 radical (unpaired) electrons. The van der Waals surface area contributed by atoms with Crippen molar-refractivity contribution in [1.82, 2.24) is 77.3 Å². The molecule has 13 amide bonds. The Balaban J connectivity index is 0.993. The fraction of sp³-hybridized carbons (Fsp3) is 0.467. The first-order valence-corrected chi connectivity index (χ1v) is 44.2. The van der Waals surface area contributed by atoms with E-state index in [-0.39, 0.29) is 69.3 Å². The second kappa shape index (κ2) is 49.9. The molecule has 2 saturated heterocycles. The number of hydrogen-bond acceptors (Lipinski definition) is 23. The van der Waals surface area contributed by atoms with Gasteiger partial charge in [-0.1, -0.05) is 125 Å². The van der Waals surface area contributed by atoms with E-state index in [1.807, 2.05) is 24.3 Å². The van der Waals surface area contributed by atoms with Gasteiger partial charge in [0, 0.05) is 95.9 Å². The number of amides is 13. The fourth-order valence-electron chi connectivity index (χ4n) is 15.5. The van der Waals surface area contributed by atoms with Crippen LogP contribution in [-0.2, 0) is 109 Å². The second-order valence-electron chi connectivity index (χ2n) is 33.0. The maximum atomic E-state index is 15.7. The number of aromatic amines is 1. The van der Waals surface area contributed by atoms with Crippen LogP contribution in [0.1, 0.15) is 93.5 Å². The summed E-state index contributed by atoms with van der Waals surface area (Å²) in [5.74, 6) is -23.8. The molecule has 0 aliphatic carbocycles.